The van der Waals surface area contributed by atoms with Crippen LogP contribution in [0.1, 0.15) is 41.0 Å². The number of hydrogen-bond donors (Lipinski definition) is 1. The molecule has 21 heavy (non-hydrogen) atoms. The van der Waals surface area contributed by atoms with Gasteiger partial charge in [0.2, 0.25) is 0 Å². The number of nitrogens with zero attached hydrogens (tertiary/aromatic N) is 1. The summed E-state index contributed by atoms with van der Waals surface area (Å²) >= 11 is 0. The Kier molecular flexibility index (Phi) is 5.02. The molecule has 1 rings (SSSR count). The molecule has 0 saturated carbocycles. The zero-order valence-electron chi connectivity index (χ0n) is 13.5. The fourth-order valence-electron chi connectivity index (χ4n) is 2.35. The molecular weight excluding hydrogens is 278 g/mol. The highest BCUT2D eigenvalue weighted by Crippen LogP contribution is 2.38. The number of aliphatic hydroxyl groups excluding tert-OH is 1. The minimum Gasteiger partial charge on any atom is -0.444 e. The highest BCUT2D eigenvalue weighted by atomic mass is 16.6. The van der Waals surface area contributed by atoms with Crippen molar-refractivity contribution in [1.29, 1.82) is 0 Å². The highest BCUT2D eigenvalue weighted by molar-refractivity contribution is 5.78. The van der Waals surface area contributed by atoms with Crippen LogP contribution in [0, 0.1) is 0 Å². The lowest BCUT2D eigenvalue weighted by molar-refractivity contribution is -0.133. The van der Waals surface area contributed by atoms with Gasteiger partial charge in [0, 0.05) is 13.5 Å². The van der Waals surface area contributed by atoms with Crippen molar-refractivity contribution in [2.45, 2.75) is 64.2 Å². The lowest BCUT2D eigenvalue weighted by atomic mass is 9.95. The van der Waals surface area contributed by atoms with Crippen molar-refractivity contribution >= 4 is 12.4 Å². The average Bonchev–Trinajstić information content (AvgIpc) is 2.59. The second-order valence-electron chi connectivity index (χ2n) is 6.67. The van der Waals surface area contributed by atoms with Crippen LogP contribution in [0.15, 0.2) is 0 Å². The van der Waals surface area contributed by atoms with E-state index in [0.717, 1.165) is 0 Å². The second kappa shape index (κ2) is 5.90. The van der Waals surface area contributed by atoms with Gasteiger partial charge in [0.25, 0.3) is 0 Å². The number of methoxy groups -OCH3 is 1. The Morgan fingerprint density at radius 3 is 2.48 bits per heavy atom. The van der Waals surface area contributed by atoms with Gasteiger partial charge in [0.15, 0.2) is 6.29 Å². The number of carbonyl (C=O) groups excluding carboxylic acids is 2. The van der Waals surface area contributed by atoms with E-state index in [2.05, 4.69) is 0 Å². The standard InChI is InChI=1S/C14H25NO6/c1-12(2,3)21-11(18)15-13(4,5)20-9-14(15,8-16)7-10(17)19-6/h8,10,17H,7,9H2,1-6H3. The molecule has 1 amide bonds. The Labute approximate surface area is 125 Å². The van der Waals surface area contributed by atoms with Crippen molar-refractivity contribution in [2.24, 2.45) is 0 Å². The molecule has 1 aliphatic heterocycles. The Morgan fingerprint density at radius 2 is 2.05 bits per heavy atom. The maximum Gasteiger partial charge on any atom is 0.413 e. The van der Waals surface area contributed by atoms with Crippen LogP contribution in [0.2, 0.25) is 0 Å². The van der Waals surface area contributed by atoms with Crippen LogP contribution in [0.3, 0.4) is 0 Å². The molecule has 1 aliphatic rings. The maximum absolute atomic E-state index is 12.5. The van der Waals surface area contributed by atoms with Crippen LogP contribution < -0.4 is 0 Å². The highest BCUT2D eigenvalue weighted by Gasteiger charge is 2.56. The Bertz CT molecular complexity index is 403. The predicted molar refractivity (Wildman–Crippen MR) is 74.5 cm³/mol. The molecule has 7 nitrogen and oxygen atoms in total. The molecular formula is C14H25NO6. The van der Waals surface area contributed by atoms with Crippen LogP contribution in [0.4, 0.5) is 4.79 Å². The van der Waals surface area contributed by atoms with E-state index in [0.29, 0.717) is 6.29 Å². The second-order valence-corrected chi connectivity index (χ2v) is 6.67. The van der Waals surface area contributed by atoms with Crippen LogP contribution >= 0.6 is 0 Å². The molecule has 2 atom stereocenters. The molecule has 1 saturated heterocycles. The van der Waals surface area contributed by atoms with Gasteiger partial charge in [-0.25, -0.2) is 4.79 Å². The van der Waals surface area contributed by atoms with E-state index in [1.165, 1.54) is 12.0 Å². The summed E-state index contributed by atoms with van der Waals surface area (Å²) in [5, 5.41) is 9.70. The fraction of sp³-hybridized carbons (Fsp3) is 0.857. The largest absolute Gasteiger partial charge is 0.444 e. The lowest BCUT2D eigenvalue weighted by Crippen LogP contribution is -2.59. The molecule has 0 bridgehead atoms. The molecule has 122 valence electrons. The summed E-state index contributed by atoms with van der Waals surface area (Å²) in [6, 6.07) is 0. The SMILES string of the molecule is COC(O)CC1(C=O)COC(C)(C)N1C(=O)OC(C)(C)C. The van der Waals surface area contributed by atoms with Gasteiger partial charge in [0.05, 0.1) is 6.61 Å². The van der Waals surface area contributed by atoms with Crippen LogP contribution in [0.25, 0.3) is 0 Å². The van der Waals surface area contributed by atoms with Gasteiger partial charge in [-0.2, -0.15) is 0 Å². The normalized spacial score (nSPS) is 26.5. The van der Waals surface area contributed by atoms with E-state index in [9.17, 15) is 14.7 Å². The number of hydrogen-bond acceptors (Lipinski definition) is 6. The van der Waals surface area contributed by atoms with E-state index >= 15 is 0 Å². The lowest BCUT2D eigenvalue weighted by Gasteiger charge is -2.39. The molecule has 1 heterocycles. The van der Waals surface area contributed by atoms with Gasteiger partial charge in [-0.15, -0.1) is 0 Å². The van der Waals surface area contributed by atoms with Crippen molar-refractivity contribution < 1.29 is 28.9 Å². The zero-order valence-corrected chi connectivity index (χ0v) is 13.5. The Hall–Kier alpha value is -1.18. The molecule has 0 aromatic rings. The topological polar surface area (TPSA) is 85.3 Å². The number of amides is 1. The van der Waals surface area contributed by atoms with E-state index in [1.807, 2.05) is 0 Å². The van der Waals surface area contributed by atoms with Crippen LogP contribution in [0.5, 0.6) is 0 Å². The summed E-state index contributed by atoms with van der Waals surface area (Å²) in [6.07, 6.45) is -1.33. The Morgan fingerprint density at radius 1 is 1.48 bits per heavy atom. The van der Waals surface area contributed by atoms with E-state index in [-0.39, 0.29) is 13.0 Å². The number of aldehydes is 1. The van der Waals surface area contributed by atoms with Crippen molar-refractivity contribution in [3.63, 3.8) is 0 Å². The first kappa shape index (κ1) is 17.9. The molecule has 1 fully saturated rings. The zero-order chi connectivity index (χ0) is 16.5. The quantitative estimate of drug-likeness (QED) is 0.622. The molecule has 0 aromatic heterocycles. The summed E-state index contributed by atoms with van der Waals surface area (Å²) in [6.45, 7) is 8.52. The smallest absolute Gasteiger partial charge is 0.413 e. The third-order valence-electron chi connectivity index (χ3n) is 3.25. The first-order chi connectivity index (χ1) is 9.47. The minimum atomic E-state index is -1.32. The van der Waals surface area contributed by atoms with Gasteiger partial charge < -0.3 is 24.1 Å². The third-order valence-corrected chi connectivity index (χ3v) is 3.25. The van der Waals surface area contributed by atoms with Crippen LogP contribution in [-0.2, 0) is 19.0 Å². The van der Waals surface area contributed by atoms with E-state index in [1.54, 1.807) is 34.6 Å². The average molecular weight is 303 g/mol. The van der Waals surface area contributed by atoms with Gasteiger partial charge >= 0.3 is 6.09 Å². The van der Waals surface area contributed by atoms with Crippen molar-refractivity contribution in [3.05, 3.63) is 0 Å². The first-order valence-corrected chi connectivity index (χ1v) is 6.82. The summed E-state index contributed by atoms with van der Waals surface area (Å²) in [7, 11) is 1.32. The van der Waals surface area contributed by atoms with Crippen molar-refractivity contribution in [1.82, 2.24) is 4.90 Å². The summed E-state index contributed by atoms with van der Waals surface area (Å²) in [4.78, 5) is 25.4. The van der Waals surface area contributed by atoms with Crippen molar-refractivity contribution in [2.75, 3.05) is 13.7 Å². The molecule has 7 heteroatoms. The van der Waals surface area contributed by atoms with Gasteiger partial charge in [-0.1, -0.05) is 0 Å². The predicted octanol–water partition coefficient (Wildman–Crippen LogP) is 1.28. The Balaban J connectivity index is 3.12. The monoisotopic (exact) mass is 303 g/mol. The minimum absolute atomic E-state index is 0.0246. The number of carbonyl (C=O) groups is 2. The third kappa shape index (κ3) is 3.93. The maximum atomic E-state index is 12.5. The number of aliphatic hydroxyl groups is 1. The number of rotatable bonds is 4. The van der Waals surface area contributed by atoms with Crippen molar-refractivity contribution in [3.8, 4) is 0 Å². The van der Waals surface area contributed by atoms with Gasteiger partial charge in [-0.3, -0.25) is 4.90 Å². The van der Waals surface area contributed by atoms with E-state index < -0.39 is 29.2 Å². The molecule has 0 spiro atoms. The summed E-state index contributed by atoms with van der Waals surface area (Å²) < 4.78 is 15.7. The fourth-order valence-corrected chi connectivity index (χ4v) is 2.35. The molecule has 1 N–H and O–H groups in total. The molecule has 2 unspecified atom stereocenters. The van der Waals surface area contributed by atoms with Gasteiger partial charge in [0.1, 0.15) is 23.2 Å². The van der Waals surface area contributed by atoms with E-state index in [4.69, 9.17) is 14.2 Å². The van der Waals surface area contributed by atoms with Gasteiger partial charge in [-0.05, 0) is 34.6 Å². The van der Waals surface area contributed by atoms with Crippen LogP contribution in [-0.4, -0.2) is 59.3 Å². The number of ether oxygens (including phenoxy) is 3. The molecule has 0 aromatic carbocycles. The first-order valence-electron chi connectivity index (χ1n) is 6.82. The summed E-state index contributed by atoms with van der Waals surface area (Å²) in [5.41, 5.74) is -3.04. The summed E-state index contributed by atoms with van der Waals surface area (Å²) in [5.74, 6) is 0. The molecule has 0 radical (unpaired) electrons. The molecule has 0 aliphatic carbocycles.